The molecule has 0 bridgehead atoms. The summed E-state index contributed by atoms with van der Waals surface area (Å²) in [6, 6.07) is 11.9. The summed E-state index contributed by atoms with van der Waals surface area (Å²) in [7, 11) is -3.79. The van der Waals surface area contributed by atoms with Gasteiger partial charge in [-0.3, -0.25) is 4.79 Å². The molecule has 4 rings (SSSR count). The van der Waals surface area contributed by atoms with Crippen LogP contribution in [0.25, 0.3) is 11.5 Å². The molecule has 0 fully saturated rings. The first-order chi connectivity index (χ1) is 16.0. The van der Waals surface area contributed by atoms with E-state index >= 15 is 0 Å². The van der Waals surface area contributed by atoms with Gasteiger partial charge < -0.3 is 14.2 Å². The number of amides is 1. The van der Waals surface area contributed by atoms with Crippen LogP contribution < -0.4 is 10.0 Å². The number of primary sulfonamides is 1. The van der Waals surface area contributed by atoms with Gasteiger partial charge in [-0.1, -0.05) is 23.7 Å². The van der Waals surface area contributed by atoms with Crippen molar-refractivity contribution in [3.8, 4) is 11.5 Å². The molecule has 2 aromatic carbocycles. The highest BCUT2D eigenvalue weighted by molar-refractivity contribution is 7.89. The quantitative estimate of drug-likeness (QED) is 0.525. The molecular weight excluding hydrogens is 478 g/mol. The summed E-state index contributed by atoms with van der Waals surface area (Å²) >= 11 is 6.22. The SMILES string of the molecule is CC(C)N(Cc1nnc(-c2ccccc2Cl)o1)C(=O)CN1c2ccc(S(N)(=O)=O)cc2C[C@@H]1C. The third-order valence-electron chi connectivity index (χ3n) is 5.86. The minimum Gasteiger partial charge on any atom is -0.419 e. The maximum atomic E-state index is 13.3. The van der Waals surface area contributed by atoms with Crippen LogP contribution in [0.1, 0.15) is 32.2 Å². The number of carbonyl (C=O) groups is 1. The fourth-order valence-electron chi connectivity index (χ4n) is 4.09. The largest absolute Gasteiger partial charge is 0.419 e. The van der Waals surface area contributed by atoms with Crippen LogP contribution in [0.4, 0.5) is 5.69 Å². The molecule has 0 radical (unpaired) electrons. The highest BCUT2D eigenvalue weighted by atomic mass is 35.5. The topological polar surface area (TPSA) is 123 Å². The van der Waals surface area contributed by atoms with E-state index in [1.165, 1.54) is 6.07 Å². The van der Waals surface area contributed by atoms with Crippen molar-refractivity contribution in [1.29, 1.82) is 0 Å². The van der Waals surface area contributed by atoms with E-state index in [-0.39, 0.29) is 36.0 Å². The molecule has 180 valence electrons. The maximum absolute atomic E-state index is 13.3. The Bertz CT molecular complexity index is 1320. The van der Waals surface area contributed by atoms with Crippen LogP contribution in [0.3, 0.4) is 0 Å². The van der Waals surface area contributed by atoms with E-state index in [0.717, 1.165) is 11.3 Å². The monoisotopic (exact) mass is 503 g/mol. The summed E-state index contributed by atoms with van der Waals surface area (Å²) < 4.78 is 29.2. The van der Waals surface area contributed by atoms with Gasteiger partial charge in [0.05, 0.1) is 28.6 Å². The van der Waals surface area contributed by atoms with E-state index in [1.54, 1.807) is 29.2 Å². The van der Waals surface area contributed by atoms with E-state index in [4.69, 9.17) is 21.2 Å². The molecule has 1 amide bonds. The number of fused-ring (bicyclic) bond motifs is 1. The minimum absolute atomic E-state index is 0.0268. The number of benzene rings is 2. The normalized spacial score (nSPS) is 15.6. The molecule has 2 heterocycles. The summed E-state index contributed by atoms with van der Waals surface area (Å²) in [6.07, 6.45) is 0.624. The second kappa shape index (κ2) is 9.36. The van der Waals surface area contributed by atoms with Crippen molar-refractivity contribution in [2.45, 2.75) is 50.7 Å². The molecule has 3 aromatic rings. The summed E-state index contributed by atoms with van der Waals surface area (Å²) in [5.74, 6) is 0.497. The molecule has 0 saturated heterocycles. The lowest BCUT2D eigenvalue weighted by molar-refractivity contribution is -0.132. The standard InChI is InChI=1S/C23H26ClN5O4S/c1-14(2)28(12-21-26-27-23(33-21)18-6-4-5-7-19(18)24)22(30)13-29-15(3)10-16-11-17(34(25,31)32)8-9-20(16)29/h4-9,11,14-15H,10,12-13H2,1-3H3,(H2,25,31,32)/t15-/m0/s1. The highest BCUT2D eigenvalue weighted by Crippen LogP contribution is 2.34. The average molecular weight is 504 g/mol. The Morgan fingerprint density at radius 3 is 2.68 bits per heavy atom. The van der Waals surface area contributed by atoms with Gasteiger partial charge in [0.25, 0.3) is 0 Å². The summed E-state index contributed by atoms with van der Waals surface area (Å²) in [5.41, 5.74) is 2.31. The van der Waals surface area contributed by atoms with Gasteiger partial charge in [-0.05, 0) is 63.1 Å². The van der Waals surface area contributed by atoms with Crippen molar-refractivity contribution in [3.63, 3.8) is 0 Å². The zero-order valence-corrected chi connectivity index (χ0v) is 20.7. The van der Waals surface area contributed by atoms with Crippen molar-refractivity contribution >= 4 is 33.2 Å². The van der Waals surface area contributed by atoms with Crippen LogP contribution in [0, 0.1) is 0 Å². The third kappa shape index (κ3) is 4.94. The molecule has 0 spiro atoms. The van der Waals surface area contributed by atoms with Crippen molar-refractivity contribution in [2.24, 2.45) is 5.14 Å². The van der Waals surface area contributed by atoms with Crippen molar-refractivity contribution in [2.75, 3.05) is 11.4 Å². The first-order valence-electron chi connectivity index (χ1n) is 10.8. The predicted molar refractivity (Wildman–Crippen MR) is 129 cm³/mol. The van der Waals surface area contributed by atoms with Gasteiger partial charge >= 0.3 is 0 Å². The molecular formula is C23H26ClN5O4S. The molecule has 2 N–H and O–H groups in total. The Kier molecular flexibility index (Phi) is 6.66. The lowest BCUT2D eigenvalue weighted by atomic mass is 10.1. The van der Waals surface area contributed by atoms with Gasteiger partial charge in [0, 0.05) is 17.8 Å². The molecule has 34 heavy (non-hydrogen) atoms. The molecule has 0 unspecified atom stereocenters. The van der Waals surface area contributed by atoms with E-state index in [9.17, 15) is 13.2 Å². The molecule has 1 aliphatic heterocycles. The second-order valence-corrected chi connectivity index (χ2v) is 10.6. The lowest BCUT2D eigenvalue weighted by Crippen LogP contribution is -2.45. The number of anilines is 1. The molecule has 0 aliphatic carbocycles. The average Bonchev–Trinajstić information content (AvgIpc) is 3.35. The summed E-state index contributed by atoms with van der Waals surface area (Å²) in [5, 5.41) is 14.0. The van der Waals surface area contributed by atoms with Crippen molar-refractivity contribution in [1.82, 2.24) is 15.1 Å². The summed E-state index contributed by atoms with van der Waals surface area (Å²) in [6.45, 7) is 6.13. The molecule has 1 atom stereocenters. The number of carbonyl (C=O) groups excluding carboxylic acids is 1. The van der Waals surface area contributed by atoms with Crippen LogP contribution in [0.15, 0.2) is 51.8 Å². The molecule has 9 nitrogen and oxygen atoms in total. The second-order valence-electron chi connectivity index (χ2n) is 8.61. The van der Waals surface area contributed by atoms with Gasteiger partial charge in [0.1, 0.15) is 0 Å². The van der Waals surface area contributed by atoms with E-state index < -0.39 is 10.0 Å². The van der Waals surface area contributed by atoms with E-state index in [0.29, 0.717) is 28.8 Å². The first-order valence-corrected chi connectivity index (χ1v) is 12.8. The number of hydrogen-bond acceptors (Lipinski definition) is 7. The maximum Gasteiger partial charge on any atom is 0.249 e. The molecule has 1 aromatic heterocycles. The number of aromatic nitrogens is 2. The van der Waals surface area contributed by atoms with E-state index in [2.05, 4.69) is 10.2 Å². The summed E-state index contributed by atoms with van der Waals surface area (Å²) in [4.78, 5) is 17.0. The Labute approximate surface area is 203 Å². The van der Waals surface area contributed by atoms with Crippen LogP contribution >= 0.6 is 11.6 Å². The number of halogens is 1. The van der Waals surface area contributed by atoms with E-state index in [1.807, 2.05) is 37.8 Å². The Balaban J connectivity index is 1.51. The molecule has 1 aliphatic rings. The smallest absolute Gasteiger partial charge is 0.249 e. The van der Waals surface area contributed by atoms with Crippen LogP contribution in [-0.4, -0.2) is 48.1 Å². The predicted octanol–water partition coefficient (Wildman–Crippen LogP) is 3.23. The van der Waals surface area contributed by atoms with Gasteiger partial charge in [-0.15, -0.1) is 10.2 Å². The van der Waals surface area contributed by atoms with Gasteiger partial charge in [0.2, 0.25) is 27.7 Å². The lowest BCUT2D eigenvalue weighted by Gasteiger charge is -2.30. The number of hydrogen-bond donors (Lipinski definition) is 1. The minimum atomic E-state index is -3.79. The Morgan fingerprint density at radius 2 is 2.00 bits per heavy atom. The zero-order valence-electron chi connectivity index (χ0n) is 19.1. The van der Waals surface area contributed by atoms with Gasteiger partial charge in [-0.2, -0.15) is 0 Å². The van der Waals surface area contributed by atoms with Gasteiger partial charge in [-0.25, -0.2) is 13.6 Å². The van der Waals surface area contributed by atoms with Crippen molar-refractivity contribution < 1.29 is 17.6 Å². The third-order valence-corrected chi connectivity index (χ3v) is 7.10. The Morgan fingerprint density at radius 1 is 1.26 bits per heavy atom. The first kappa shape index (κ1) is 24.2. The van der Waals surface area contributed by atoms with Crippen molar-refractivity contribution in [3.05, 3.63) is 58.9 Å². The van der Waals surface area contributed by atoms with Gasteiger partial charge in [0.15, 0.2) is 0 Å². The van der Waals surface area contributed by atoms with Crippen LogP contribution in [0.5, 0.6) is 0 Å². The number of nitrogens with zero attached hydrogens (tertiary/aromatic N) is 4. The zero-order chi connectivity index (χ0) is 24.6. The fraction of sp³-hybridized carbons (Fsp3) is 0.348. The Hall–Kier alpha value is -2.95. The number of nitrogens with two attached hydrogens (primary N) is 1. The molecule has 11 heteroatoms. The molecule has 0 saturated carbocycles. The highest BCUT2D eigenvalue weighted by Gasteiger charge is 2.31. The number of sulfonamides is 1. The fourth-order valence-corrected chi connectivity index (χ4v) is 4.87. The van der Waals surface area contributed by atoms with Crippen LogP contribution in [0.2, 0.25) is 5.02 Å². The van der Waals surface area contributed by atoms with Crippen LogP contribution in [-0.2, 0) is 27.8 Å². The number of rotatable bonds is 7.